The normalized spacial score (nSPS) is 11.6. The number of nitrogens with zero attached hydrogens (tertiary/aromatic N) is 1. The minimum atomic E-state index is 0.271. The Morgan fingerprint density at radius 1 is 0.452 bits per heavy atom. The number of hydrogen-bond acceptors (Lipinski definition) is 0. The van der Waals surface area contributed by atoms with Gasteiger partial charge >= 0.3 is 0 Å². The summed E-state index contributed by atoms with van der Waals surface area (Å²) < 4.78 is 2.39. The Labute approximate surface area is 246 Å². The molecule has 0 saturated carbocycles. The maximum Gasteiger partial charge on any atom is 0.208 e. The van der Waals surface area contributed by atoms with Crippen LogP contribution in [0, 0.1) is 6.92 Å². The maximum atomic E-state index is 2.39. The van der Waals surface area contributed by atoms with Crippen molar-refractivity contribution in [3.05, 3.63) is 151 Å². The Morgan fingerprint density at radius 3 is 1.45 bits per heavy atom. The van der Waals surface area contributed by atoms with E-state index in [4.69, 9.17) is 0 Å². The monoisotopic (exact) mass is 535 g/mol. The first kappa shape index (κ1) is 24.7. The number of benzene rings is 7. The van der Waals surface area contributed by atoms with Crippen molar-refractivity contribution >= 4 is 61.0 Å². The van der Waals surface area contributed by atoms with Crippen LogP contribution in [0.2, 0.25) is 6.82 Å². The second-order valence-electron chi connectivity index (χ2n) is 11.4. The van der Waals surface area contributed by atoms with Crippen molar-refractivity contribution in [3.8, 4) is 16.8 Å². The predicted molar refractivity (Wildman–Crippen MR) is 183 cm³/mol. The summed E-state index contributed by atoms with van der Waals surface area (Å²) in [7, 11) is 0. The van der Waals surface area contributed by atoms with Crippen LogP contribution in [-0.2, 0) is 0 Å². The second kappa shape index (κ2) is 9.78. The number of fused-ring (bicyclic) bond motifs is 5. The number of aryl methyl sites for hydroxylation is 1. The lowest BCUT2D eigenvalue weighted by molar-refractivity contribution is 1.18. The Bertz CT molecular complexity index is 2160. The van der Waals surface area contributed by atoms with Gasteiger partial charge in [0.15, 0.2) is 0 Å². The zero-order chi connectivity index (χ0) is 28.2. The van der Waals surface area contributed by atoms with Gasteiger partial charge in [0, 0.05) is 16.5 Å². The summed E-state index contributed by atoms with van der Waals surface area (Å²) in [6.07, 6.45) is 0. The topological polar surface area (TPSA) is 4.93 Å². The first-order valence-electron chi connectivity index (χ1n) is 14.8. The zero-order valence-corrected chi connectivity index (χ0v) is 23.9. The first-order valence-corrected chi connectivity index (χ1v) is 14.8. The average molecular weight is 535 g/mol. The zero-order valence-electron chi connectivity index (χ0n) is 23.9. The van der Waals surface area contributed by atoms with E-state index in [1.165, 1.54) is 76.7 Å². The molecule has 0 spiro atoms. The van der Waals surface area contributed by atoms with E-state index in [0.717, 1.165) is 0 Å². The van der Waals surface area contributed by atoms with Gasteiger partial charge in [-0.25, -0.2) is 0 Å². The van der Waals surface area contributed by atoms with Gasteiger partial charge in [-0.15, -0.1) is 0 Å². The third-order valence-corrected chi connectivity index (χ3v) is 9.06. The van der Waals surface area contributed by atoms with Gasteiger partial charge < -0.3 is 4.57 Å². The third kappa shape index (κ3) is 3.72. The van der Waals surface area contributed by atoms with Crippen LogP contribution in [-0.4, -0.2) is 11.3 Å². The van der Waals surface area contributed by atoms with Crippen molar-refractivity contribution in [3.63, 3.8) is 0 Å². The van der Waals surface area contributed by atoms with Crippen LogP contribution in [0.5, 0.6) is 0 Å². The molecule has 1 heterocycles. The van der Waals surface area contributed by atoms with E-state index in [1.807, 2.05) is 0 Å². The SMILES string of the molecule is CB(c1ccccc1C)c1c2ccccc2c(-c2ccc(-n3c4ccccc4c4ccccc43)cc2)c2ccccc12. The van der Waals surface area contributed by atoms with Crippen LogP contribution in [0.4, 0.5) is 0 Å². The number of aromatic nitrogens is 1. The molecular formula is C40H30BN. The minimum Gasteiger partial charge on any atom is -0.309 e. The average Bonchev–Trinajstić information content (AvgIpc) is 3.38. The highest BCUT2D eigenvalue weighted by molar-refractivity contribution is 6.88. The summed E-state index contributed by atoms with van der Waals surface area (Å²) in [6.45, 7) is 4.85. The standard InChI is InChI=1S/C40H30BN/c1-27-13-3-10-20-36(27)41(2)40-34-18-6-4-16-32(34)39(33-17-5-7-19-35(33)40)28-23-25-29(26-24-28)42-37-21-11-8-14-30(37)31-15-9-12-22-38(31)42/h3-26H,1-2H3. The van der Waals surface area contributed by atoms with E-state index >= 15 is 0 Å². The third-order valence-electron chi connectivity index (χ3n) is 9.06. The fourth-order valence-corrected chi connectivity index (χ4v) is 7.15. The van der Waals surface area contributed by atoms with Crippen molar-refractivity contribution in [2.75, 3.05) is 0 Å². The largest absolute Gasteiger partial charge is 0.309 e. The van der Waals surface area contributed by atoms with E-state index < -0.39 is 0 Å². The molecule has 0 radical (unpaired) electrons. The highest BCUT2D eigenvalue weighted by Crippen LogP contribution is 2.37. The van der Waals surface area contributed by atoms with Crippen LogP contribution in [0.25, 0.3) is 60.2 Å². The summed E-state index contributed by atoms with van der Waals surface area (Å²) >= 11 is 0. The fraction of sp³-hybridized carbons (Fsp3) is 0.0500. The molecule has 0 aliphatic carbocycles. The molecule has 0 atom stereocenters. The van der Waals surface area contributed by atoms with E-state index in [0.29, 0.717) is 0 Å². The highest BCUT2D eigenvalue weighted by atomic mass is 15.0. The second-order valence-corrected chi connectivity index (χ2v) is 11.4. The Hall–Kier alpha value is -5.08. The van der Waals surface area contributed by atoms with Gasteiger partial charge in [-0.05, 0) is 63.9 Å². The number of rotatable bonds is 4. The van der Waals surface area contributed by atoms with E-state index in [2.05, 4.69) is 164 Å². The van der Waals surface area contributed by atoms with Crippen LogP contribution < -0.4 is 10.9 Å². The van der Waals surface area contributed by atoms with Crippen molar-refractivity contribution in [1.82, 2.24) is 4.57 Å². The predicted octanol–water partition coefficient (Wildman–Crippen LogP) is 9.30. The number of para-hydroxylation sites is 2. The lowest BCUT2D eigenvalue weighted by atomic mass is 9.40. The molecule has 2 heteroatoms. The molecule has 1 aromatic heterocycles. The van der Waals surface area contributed by atoms with Crippen LogP contribution in [0.3, 0.4) is 0 Å². The van der Waals surface area contributed by atoms with Crippen LogP contribution in [0.1, 0.15) is 5.56 Å². The van der Waals surface area contributed by atoms with Gasteiger partial charge in [0.2, 0.25) is 6.71 Å². The Kier molecular flexibility index (Phi) is 5.75. The lowest BCUT2D eigenvalue weighted by Crippen LogP contribution is -2.41. The van der Waals surface area contributed by atoms with Gasteiger partial charge in [-0.3, -0.25) is 0 Å². The molecule has 1 nitrogen and oxygen atoms in total. The molecule has 42 heavy (non-hydrogen) atoms. The van der Waals surface area contributed by atoms with Gasteiger partial charge in [0.25, 0.3) is 0 Å². The van der Waals surface area contributed by atoms with Crippen molar-refractivity contribution in [2.24, 2.45) is 0 Å². The van der Waals surface area contributed by atoms with E-state index in [9.17, 15) is 0 Å². The molecule has 8 rings (SSSR count). The molecule has 0 N–H and O–H groups in total. The molecule has 0 aliphatic rings. The number of hydrogen-bond donors (Lipinski definition) is 0. The molecule has 0 bridgehead atoms. The minimum absolute atomic E-state index is 0.271. The van der Waals surface area contributed by atoms with Gasteiger partial charge in [-0.1, -0.05) is 145 Å². The van der Waals surface area contributed by atoms with E-state index in [1.54, 1.807) is 0 Å². The molecule has 0 unspecified atom stereocenters. The molecule has 0 saturated heterocycles. The molecule has 0 amide bonds. The quantitative estimate of drug-likeness (QED) is 0.156. The molecular weight excluding hydrogens is 505 g/mol. The van der Waals surface area contributed by atoms with E-state index in [-0.39, 0.29) is 6.71 Å². The van der Waals surface area contributed by atoms with Crippen molar-refractivity contribution in [1.29, 1.82) is 0 Å². The summed E-state index contributed by atoms with van der Waals surface area (Å²) in [4.78, 5) is 0. The molecule has 0 fully saturated rings. The summed E-state index contributed by atoms with van der Waals surface area (Å²) in [5.74, 6) is 0. The molecule has 7 aromatic carbocycles. The van der Waals surface area contributed by atoms with Gasteiger partial charge in [0.05, 0.1) is 11.0 Å². The summed E-state index contributed by atoms with van der Waals surface area (Å²) in [6, 6.07) is 53.3. The smallest absolute Gasteiger partial charge is 0.208 e. The first-order chi connectivity index (χ1) is 20.7. The fourth-order valence-electron chi connectivity index (χ4n) is 7.15. The lowest BCUT2D eigenvalue weighted by Gasteiger charge is -2.21. The van der Waals surface area contributed by atoms with Gasteiger partial charge in [0.1, 0.15) is 0 Å². The highest BCUT2D eigenvalue weighted by Gasteiger charge is 2.23. The Balaban J connectivity index is 1.35. The van der Waals surface area contributed by atoms with Crippen molar-refractivity contribution < 1.29 is 0 Å². The van der Waals surface area contributed by atoms with Crippen LogP contribution >= 0.6 is 0 Å². The van der Waals surface area contributed by atoms with Crippen molar-refractivity contribution in [2.45, 2.75) is 13.7 Å². The molecule has 8 aromatic rings. The Morgan fingerprint density at radius 2 is 0.905 bits per heavy atom. The summed E-state index contributed by atoms with van der Waals surface area (Å²) in [5.41, 5.74) is 10.3. The van der Waals surface area contributed by atoms with Crippen LogP contribution in [0.15, 0.2) is 146 Å². The maximum absolute atomic E-state index is 2.39. The molecule has 0 aliphatic heterocycles. The van der Waals surface area contributed by atoms with Gasteiger partial charge in [-0.2, -0.15) is 0 Å². The molecule has 198 valence electrons. The summed E-state index contributed by atoms with van der Waals surface area (Å²) in [5, 5.41) is 7.83.